The summed E-state index contributed by atoms with van der Waals surface area (Å²) in [5.74, 6) is 0. The van der Waals surface area contributed by atoms with E-state index in [1.807, 2.05) is 0 Å². The highest BCUT2D eigenvalue weighted by Crippen LogP contribution is 2.47. The molecule has 2 aliphatic rings. The third-order valence-electron chi connectivity index (χ3n) is 10.3. The summed E-state index contributed by atoms with van der Waals surface area (Å²) in [5, 5.41) is 2.62. The summed E-state index contributed by atoms with van der Waals surface area (Å²) in [6.07, 6.45) is 0. The highest BCUT2D eigenvalue weighted by atomic mass is 15.0. The zero-order valence-electron chi connectivity index (χ0n) is 24.7. The van der Waals surface area contributed by atoms with Gasteiger partial charge in [0.1, 0.15) is 0 Å². The molecule has 1 aromatic heterocycles. The molecule has 10 rings (SSSR count). The van der Waals surface area contributed by atoms with E-state index in [0.717, 1.165) is 0 Å². The molecule has 208 valence electrons. The van der Waals surface area contributed by atoms with Crippen LogP contribution in [0.25, 0.3) is 38.6 Å². The molecule has 0 N–H and O–H groups in total. The second kappa shape index (κ2) is 9.20. The number of nitrogens with zero attached hydrogens (tertiary/aromatic N) is 1. The standard InChI is InChI=1S/C43H28BN/c1-4-14-29(15-5-1)30-26-27-39-34(28-30)33-20-12-24-38-42(33)45(39)40-25-13-22-36-41(40)44(38)37-23-11-10-21-35(37)43(36,31-16-6-2-7-17-31)32-18-8-3-9-19-32/h1-28H. The Bertz CT molecular complexity index is 2380. The lowest BCUT2D eigenvalue weighted by Gasteiger charge is -2.46. The van der Waals surface area contributed by atoms with Gasteiger partial charge >= 0.3 is 0 Å². The molecule has 2 aliphatic heterocycles. The van der Waals surface area contributed by atoms with E-state index in [9.17, 15) is 0 Å². The number of hydrogen-bond acceptors (Lipinski definition) is 0. The molecule has 45 heavy (non-hydrogen) atoms. The predicted molar refractivity (Wildman–Crippen MR) is 189 cm³/mol. The first-order chi connectivity index (χ1) is 22.4. The summed E-state index contributed by atoms with van der Waals surface area (Å²) in [7, 11) is 0. The fourth-order valence-corrected chi connectivity index (χ4v) is 8.65. The van der Waals surface area contributed by atoms with Crippen LogP contribution < -0.4 is 16.4 Å². The van der Waals surface area contributed by atoms with Gasteiger partial charge in [0.15, 0.2) is 0 Å². The first-order valence-corrected chi connectivity index (χ1v) is 15.8. The van der Waals surface area contributed by atoms with Gasteiger partial charge in [0.05, 0.1) is 10.9 Å². The summed E-state index contributed by atoms with van der Waals surface area (Å²) in [5.41, 5.74) is 15.4. The summed E-state index contributed by atoms with van der Waals surface area (Å²) < 4.78 is 2.55. The van der Waals surface area contributed by atoms with Gasteiger partial charge in [-0.15, -0.1) is 0 Å². The van der Waals surface area contributed by atoms with Gasteiger partial charge in [-0.05, 0) is 62.5 Å². The largest absolute Gasteiger partial charge is 0.310 e. The second-order valence-corrected chi connectivity index (χ2v) is 12.4. The van der Waals surface area contributed by atoms with Gasteiger partial charge in [-0.3, -0.25) is 0 Å². The lowest BCUT2D eigenvalue weighted by Crippen LogP contribution is -2.64. The van der Waals surface area contributed by atoms with Crippen LogP contribution in [-0.2, 0) is 5.41 Å². The van der Waals surface area contributed by atoms with Crippen LogP contribution >= 0.6 is 0 Å². The molecule has 1 nitrogen and oxygen atoms in total. The van der Waals surface area contributed by atoms with Gasteiger partial charge in [0.25, 0.3) is 0 Å². The van der Waals surface area contributed by atoms with E-state index in [1.54, 1.807) is 0 Å². The Morgan fingerprint density at radius 2 is 1.07 bits per heavy atom. The molecule has 0 saturated heterocycles. The lowest BCUT2D eigenvalue weighted by molar-refractivity contribution is 0.750. The van der Waals surface area contributed by atoms with Crippen molar-refractivity contribution in [3.05, 3.63) is 192 Å². The van der Waals surface area contributed by atoms with Crippen molar-refractivity contribution in [2.75, 3.05) is 0 Å². The molecule has 0 amide bonds. The number of para-hydroxylation sites is 1. The number of rotatable bonds is 3. The van der Waals surface area contributed by atoms with Gasteiger partial charge < -0.3 is 4.57 Å². The molecule has 7 aromatic carbocycles. The summed E-state index contributed by atoms with van der Waals surface area (Å²) in [6.45, 7) is 0.141. The van der Waals surface area contributed by atoms with Crippen molar-refractivity contribution < 1.29 is 0 Å². The highest BCUT2D eigenvalue weighted by Gasteiger charge is 2.50. The minimum Gasteiger partial charge on any atom is -0.310 e. The van der Waals surface area contributed by atoms with Crippen molar-refractivity contribution in [3.8, 4) is 16.8 Å². The van der Waals surface area contributed by atoms with Crippen LogP contribution in [0.3, 0.4) is 0 Å². The summed E-state index contributed by atoms with van der Waals surface area (Å²) >= 11 is 0. The Hall–Kier alpha value is -5.60. The minimum atomic E-state index is -0.449. The van der Waals surface area contributed by atoms with Crippen molar-refractivity contribution in [2.45, 2.75) is 5.41 Å². The van der Waals surface area contributed by atoms with Crippen LogP contribution in [0, 0.1) is 0 Å². The van der Waals surface area contributed by atoms with Crippen molar-refractivity contribution in [2.24, 2.45) is 0 Å². The number of aromatic nitrogens is 1. The maximum absolute atomic E-state index is 2.55. The van der Waals surface area contributed by atoms with E-state index in [4.69, 9.17) is 0 Å². The van der Waals surface area contributed by atoms with E-state index >= 15 is 0 Å². The molecular formula is C43H28BN. The van der Waals surface area contributed by atoms with Gasteiger partial charge in [0, 0.05) is 22.0 Å². The average Bonchev–Trinajstić information content (AvgIpc) is 3.46. The molecule has 0 radical (unpaired) electrons. The van der Waals surface area contributed by atoms with Crippen LogP contribution in [0.1, 0.15) is 22.3 Å². The topological polar surface area (TPSA) is 4.93 Å². The number of benzene rings is 7. The maximum atomic E-state index is 2.55. The molecular weight excluding hydrogens is 541 g/mol. The second-order valence-electron chi connectivity index (χ2n) is 12.4. The third kappa shape index (κ3) is 3.19. The SMILES string of the molecule is c1ccc(-c2ccc3c(c2)c2cccc4c2n3-c2cccc3c2B4c2ccccc2C3(c2ccccc2)c2ccccc2)cc1. The van der Waals surface area contributed by atoms with Crippen LogP contribution in [0.2, 0.25) is 0 Å². The van der Waals surface area contributed by atoms with Crippen molar-refractivity contribution in [1.29, 1.82) is 0 Å². The van der Waals surface area contributed by atoms with E-state index in [1.165, 1.54) is 77.3 Å². The van der Waals surface area contributed by atoms with Gasteiger partial charge in [-0.2, -0.15) is 0 Å². The van der Waals surface area contributed by atoms with E-state index in [2.05, 4.69) is 174 Å². The summed E-state index contributed by atoms with van der Waals surface area (Å²) in [6, 6.07) is 63.2. The van der Waals surface area contributed by atoms with E-state index in [0.29, 0.717) is 0 Å². The molecule has 0 bridgehead atoms. The molecule has 0 saturated carbocycles. The van der Waals surface area contributed by atoms with Crippen molar-refractivity contribution in [1.82, 2.24) is 4.57 Å². The van der Waals surface area contributed by atoms with Crippen LogP contribution in [0.4, 0.5) is 0 Å². The highest BCUT2D eigenvalue weighted by molar-refractivity contribution is 6.99. The molecule has 0 spiro atoms. The Labute approximate surface area is 263 Å². The maximum Gasteiger partial charge on any atom is 0.247 e. The average molecular weight is 570 g/mol. The van der Waals surface area contributed by atoms with E-state index < -0.39 is 5.41 Å². The quantitative estimate of drug-likeness (QED) is 0.190. The smallest absolute Gasteiger partial charge is 0.247 e. The van der Waals surface area contributed by atoms with Gasteiger partial charge in [0.2, 0.25) is 6.71 Å². The fraction of sp³-hybridized carbons (Fsp3) is 0.0233. The zero-order valence-corrected chi connectivity index (χ0v) is 24.7. The molecule has 0 unspecified atom stereocenters. The normalized spacial score (nSPS) is 13.9. The lowest BCUT2D eigenvalue weighted by atomic mass is 9.29. The third-order valence-corrected chi connectivity index (χ3v) is 10.3. The predicted octanol–water partition coefficient (Wildman–Crippen LogP) is 7.98. The zero-order chi connectivity index (χ0) is 29.5. The molecule has 0 fully saturated rings. The summed E-state index contributed by atoms with van der Waals surface area (Å²) in [4.78, 5) is 0. The first-order valence-electron chi connectivity index (χ1n) is 15.8. The van der Waals surface area contributed by atoms with Crippen LogP contribution in [-0.4, -0.2) is 11.3 Å². The monoisotopic (exact) mass is 569 g/mol. The van der Waals surface area contributed by atoms with Crippen LogP contribution in [0.15, 0.2) is 170 Å². The number of fused-ring (bicyclic) bond motifs is 7. The minimum absolute atomic E-state index is 0.141. The van der Waals surface area contributed by atoms with E-state index in [-0.39, 0.29) is 6.71 Å². The Morgan fingerprint density at radius 1 is 0.444 bits per heavy atom. The van der Waals surface area contributed by atoms with Crippen molar-refractivity contribution >= 4 is 44.9 Å². The molecule has 2 heteroatoms. The molecule has 8 aromatic rings. The van der Waals surface area contributed by atoms with Gasteiger partial charge in [-0.1, -0.05) is 157 Å². The van der Waals surface area contributed by atoms with Gasteiger partial charge in [-0.25, -0.2) is 0 Å². The Kier molecular flexibility index (Phi) is 5.07. The first kappa shape index (κ1) is 24.8. The Balaban J connectivity index is 1.37. The van der Waals surface area contributed by atoms with Crippen LogP contribution in [0.5, 0.6) is 0 Å². The molecule has 3 heterocycles. The Morgan fingerprint density at radius 3 is 1.82 bits per heavy atom. The molecule has 0 atom stereocenters. The number of hydrogen-bond donors (Lipinski definition) is 0. The van der Waals surface area contributed by atoms with Crippen molar-refractivity contribution in [3.63, 3.8) is 0 Å². The molecule has 0 aliphatic carbocycles. The fourth-order valence-electron chi connectivity index (χ4n) is 8.65.